The molecule has 0 saturated carbocycles. The molecular formula is C16H17ClO3S. The highest BCUT2D eigenvalue weighted by Gasteiger charge is 2.29. The van der Waals surface area contributed by atoms with Gasteiger partial charge in [-0.25, -0.2) is 8.42 Å². The van der Waals surface area contributed by atoms with Crippen LogP contribution < -0.4 is 0 Å². The summed E-state index contributed by atoms with van der Waals surface area (Å²) in [6.45, 7) is 1.51. The molecule has 1 N–H and O–H groups in total. The molecule has 2 rings (SSSR count). The van der Waals surface area contributed by atoms with E-state index >= 15 is 0 Å². The monoisotopic (exact) mass is 324 g/mol. The van der Waals surface area contributed by atoms with Gasteiger partial charge in [-0.05, 0) is 16.7 Å². The van der Waals surface area contributed by atoms with Crippen LogP contribution in [0.5, 0.6) is 0 Å². The van der Waals surface area contributed by atoms with Gasteiger partial charge in [0.15, 0.2) is 14.5 Å². The van der Waals surface area contributed by atoms with Crippen molar-refractivity contribution in [2.75, 3.05) is 5.75 Å². The van der Waals surface area contributed by atoms with Gasteiger partial charge in [-0.3, -0.25) is 0 Å². The van der Waals surface area contributed by atoms with E-state index in [-0.39, 0.29) is 5.75 Å². The third-order valence-corrected chi connectivity index (χ3v) is 6.15. The van der Waals surface area contributed by atoms with Crippen molar-refractivity contribution >= 4 is 21.4 Å². The first kappa shape index (κ1) is 16.0. The Kier molecular flexibility index (Phi) is 5.04. The normalized spacial score (nSPS) is 14.6. The standard InChI is InChI=1S/C16H17ClO3S/c1-2-21(19,20)16(17)15(18)14-10-8-13(9-11-14)12-6-4-3-5-7-12/h3-11,15-16,18H,2H2,1H3/t15-,16-/m1/s1. The number of aliphatic hydroxyl groups is 1. The molecule has 0 heterocycles. The Balaban J connectivity index is 2.23. The van der Waals surface area contributed by atoms with Crippen LogP contribution in [0.2, 0.25) is 0 Å². The summed E-state index contributed by atoms with van der Waals surface area (Å²) in [4.78, 5) is 0. The zero-order valence-electron chi connectivity index (χ0n) is 11.6. The lowest BCUT2D eigenvalue weighted by molar-refractivity contribution is 0.191. The molecule has 21 heavy (non-hydrogen) atoms. The lowest BCUT2D eigenvalue weighted by Gasteiger charge is -2.17. The van der Waals surface area contributed by atoms with Crippen LogP contribution in [0.4, 0.5) is 0 Å². The largest absolute Gasteiger partial charge is 0.386 e. The Morgan fingerprint density at radius 2 is 1.52 bits per heavy atom. The minimum Gasteiger partial charge on any atom is -0.386 e. The van der Waals surface area contributed by atoms with Gasteiger partial charge in [-0.2, -0.15) is 0 Å². The van der Waals surface area contributed by atoms with E-state index in [1.54, 1.807) is 12.1 Å². The Hall–Kier alpha value is -1.36. The van der Waals surface area contributed by atoms with Gasteiger partial charge in [-0.15, -0.1) is 11.6 Å². The third-order valence-electron chi connectivity index (χ3n) is 3.35. The molecule has 3 nitrogen and oxygen atoms in total. The second-order valence-electron chi connectivity index (χ2n) is 4.74. The predicted octanol–water partition coefficient (Wildman–Crippen LogP) is 3.39. The molecule has 2 atom stereocenters. The number of hydrogen-bond acceptors (Lipinski definition) is 3. The Bertz CT molecular complexity index is 681. The number of rotatable bonds is 5. The van der Waals surface area contributed by atoms with Crippen molar-refractivity contribution in [3.05, 3.63) is 60.2 Å². The van der Waals surface area contributed by atoms with Crippen molar-refractivity contribution in [1.82, 2.24) is 0 Å². The summed E-state index contributed by atoms with van der Waals surface area (Å²) in [5, 5.41) is 10.1. The molecule has 0 unspecified atom stereocenters. The summed E-state index contributed by atoms with van der Waals surface area (Å²) in [6, 6.07) is 16.9. The van der Waals surface area contributed by atoms with E-state index < -0.39 is 20.7 Å². The lowest BCUT2D eigenvalue weighted by Crippen LogP contribution is -2.24. The summed E-state index contributed by atoms with van der Waals surface area (Å²) in [7, 11) is -3.49. The van der Waals surface area contributed by atoms with Gasteiger partial charge in [0.2, 0.25) is 0 Å². The molecule has 5 heteroatoms. The van der Waals surface area contributed by atoms with Crippen LogP contribution >= 0.6 is 11.6 Å². The maximum Gasteiger partial charge on any atom is 0.169 e. The summed E-state index contributed by atoms with van der Waals surface area (Å²) >= 11 is 5.88. The van der Waals surface area contributed by atoms with E-state index in [0.717, 1.165) is 11.1 Å². The van der Waals surface area contributed by atoms with Gasteiger partial charge in [0, 0.05) is 5.75 Å². The van der Waals surface area contributed by atoms with Crippen molar-refractivity contribution in [3.8, 4) is 11.1 Å². The highest BCUT2D eigenvalue weighted by molar-refractivity contribution is 7.93. The van der Waals surface area contributed by atoms with Crippen molar-refractivity contribution < 1.29 is 13.5 Å². The van der Waals surface area contributed by atoms with E-state index in [9.17, 15) is 13.5 Å². The number of benzene rings is 2. The van der Waals surface area contributed by atoms with Crippen LogP contribution in [-0.4, -0.2) is 24.0 Å². The molecule has 0 amide bonds. The number of halogens is 1. The van der Waals surface area contributed by atoms with E-state index in [2.05, 4.69) is 0 Å². The van der Waals surface area contributed by atoms with E-state index in [0.29, 0.717) is 5.56 Å². The minimum atomic E-state index is -3.49. The lowest BCUT2D eigenvalue weighted by atomic mass is 10.0. The average Bonchev–Trinajstić information content (AvgIpc) is 2.54. The van der Waals surface area contributed by atoms with Crippen molar-refractivity contribution in [2.45, 2.75) is 17.7 Å². The van der Waals surface area contributed by atoms with Crippen LogP contribution in [-0.2, 0) is 9.84 Å². The van der Waals surface area contributed by atoms with Crippen LogP contribution in [0.25, 0.3) is 11.1 Å². The van der Waals surface area contributed by atoms with Gasteiger partial charge in [0.25, 0.3) is 0 Å². The summed E-state index contributed by atoms with van der Waals surface area (Å²) in [5.41, 5.74) is 2.55. The zero-order valence-corrected chi connectivity index (χ0v) is 13.2. The fourth-order valence-electron chi connectivity index (χ4n) is 2.01. The third kappa shape index (κ3) is 3.64. The molecular weight excluding hydrogens is 308 g/mol. The quantitative estimate of drug-likeness (QED) is 0.858. The van der Waals surface area contributed by atoms with Crippen LogP contribution in [0, 0.1) is 0 Å². The molecule has 0 aromatic heterocycles. The molecule has 0 aliphatic carbocycles. The molecule has 0 fully saturated rings. The Labute approximate surface area is 130 Å². The topological polar surface area (TPSA) is 54.4 Å². The highest BCUT2D eigenvalue weighted by Crippen LogP contribution is 2.28. The highest BCUT2D eigenvalue weighted by atomic mass is 35.5. The Morgan fingerprint density at radius 1 is 1.00 bits per heavy atom. The Morgan fingerprint density at radius 3 is 2.05 bits per heavy atom. The SMILES string of the molecule is CCS(=O)(=O)[C@@H](Cl)[C@H](O)c1ccc(-c2ccccc2)cc1. The minimum absolute atomic E-state index is 0.0969. The molecule has 0 bridgehead atoms. The van der Waals surface area contributed by atoms with Gasteiger partial charge in [0.1, 0.15) is 6.10 Å². The van der Waals surface area contributed by atoms with Crippen molar-refractivity contribution in [3.63, 3.8) is 0 Å². The van der Waals surface area contributed by atoms with Crippen molar-refractivity contribution in [2.24, 2.45) is 0 Å². The molecule has 0 saturated heterocycles. The maximum atomic E-state index is 11.7. The first-order chi connectivity index (χ1) is 9.95. The summed E-state index contributed by atoms with van der Waals surface area (Å²) in [5.74, 6) is -0.0969. The summed E-state index contributed by atoms with van der Waals surface area (Å²) in [6.07, 6.45) is -1.23. The number of aliphatic hydroxyl groups excluding tert-OH is 1. The second-order valence-corrected chi connectivity index (χ2v) is 7.88. The van der Waals surface area contributed by atoms with Crippen LogP contribution in [0.15, 0.2) is 54.6 Å². The van der Waals surface area contributed by atoms with Gasteiger partial charge in [-0.1, -0.05) is 61.5 Å². The van der Waals surface area contributed by atoms with Crippen molar-refractivity contribution in [1.29, 1.82) is 0 Å². The van der Waals surface area contributed by atoms with Gasteiger partial charge >= 0.3 is 0 Å². The first-order valence-corrected chi connectivity index (χ1v) is 8.80. The molecule has 2 aromatic rings. The molecule has 0 aliphatic rings. The fourth-order valence-corrected chi connectivity index (χ4v) is 3.40. The average molecular weight is 325 g/mol. The fraction of sp³-hybridized carbons (Fsp3) is 0.250. The maximum absolute atomic E-state index is 11.7. The first-order valence-electron chi connectivity index (χ1n) is 6.65. The van der Waals surface area contributed by atoms with E-state index in [4.69, 9.17) is 11.6 Å². The van der Waals surface area contributed by atoms with Crippen LogP contribution in [0.3, 0.4) is 0 Å². The van der Waals surface area contributed by atoms with Crippen LogP contribution in [0.1, 0.15) is 18.6 Å². The molecule has 0 radical (unpaired) electrons. The zero-order chi connectivity index (χ0) is 15.5. The second kappa shape index (κ2) is 6.60. The molecule has 112 valence electrons. The molecule has 0 aliphatic heterocycles. The number of hydrogen-bond donors (Lipinski definition) is 1. The van der Waals surface area contributed by atoms with Gasteiger partial charge < -0.3 is 5.11 Å². The molecule has 0 spiro atoms. The number of alkyl halides is 1. The number of sulfone groups is 1. The van der Waals surface area contributed by atoms with E-state index in [1.807, 2.05) is 42.5 Å². The smallest absolute Gasteiger partial charge is 0.169 e. The van der Waals surface area contributed by atoms with E-state index in [1.165, 1.54) is 6.92 Å². The molecule has 2 aromatic carbocycles. The van der Waals surface area contributed by atoms with Gasteiger partial charge in [0.05, 0.1) is 0 Å². The predicted molar refractivity (Wildman–Crippen MR) is 85.9 cm³/mol. The summed E-state index contributed by atoms with van der Waals surface area (Å²) < 4.78 is 22.1.